The smallest absolute Gasteiger partial charge is 0.0600 e. The zero-order chi connectivity index (χ0) is 8.81. The minimum Gasteiger partial charge on any atom is -0.378 e. The molecule has 0 aromatic heterocycles. The average Bonchev–Trinajstić information content (AvgIpc) is 2.46. The van der Waals surface area contributed by atoms with Gasteiger partial charge in [-0.15, -0.1) is 0 Å². The molecule has 0 spiro atoms. The molecule has 0 bridgehead atoms. The van der Waals surface area contributed by atoms with E-state index in [1.807, 2.05) is 0 Å². The summed E-state index contributed by atoms with van der Waals surface area (Å²) < 4.78 is 5.82. The summed E-state index contributed by atoms with van der Waals surface area (Å²) in [6, 6.07) is 0. The summed E-state index contributed by atoms with van der Waals surface area (Å²) in [5, 5.41) is 0. The van der Waals surface area contributed by atoms with Crippen molar-refractivity contribution < 1.29 is 4.74 Å². The van der Waals surface area contributed by atoms with Crippen LogP contribution in [-0.4, -0.2) is 12.7 Å². The van der Waals surface area contributed by atoms with Crippen LogP contribution in [0.1, 0.15) is 52.4 Å². The molecule has 0 aliphatic heterocycles. The van der Waals surface area contributed by atoms with Crippen LogP contribution in [-0.2, 0) is 4.74 Å². The first-order chi connectivity index (χ1) is 5.84. The van der Waals surface area contributed by atoms with E-state index in [0.717, 1.165) is 12.5 Å². The van der Waals surface area contributed by atoms with E-state index in [1.54, 1.807) is 0 Å². The SMILES string of the molecule is CCCCCOC1CCCC1C. The van der Waals surface area contributed by atoms with Crippen molar-refractivity contribution in [1.29, 1.82) is 0 Å². The summed E-state index contributed by atoms with van der Waals surface area (Å²) in [5.74, 6) is 0.812. The minimum absolute atomic E-state index is 0.585. The highest BCUT2D eigenvalue weighted by atomic mass is 16.5. The Balaban J connectivity index is 1.98. The first-order valence-electron chi connectivity index (χ1n) is 5.46. The van der Waals surface area contributed by atoms with E-state index in [-0.39, 0.29) is 0 Å². The predicted molar refractivity (Wildman–Crippen MR) is 52.3 cm³/mol. The average molecular weight is 170 g/mol. The molecule has 0 saturated heterocycles. The second-order valence-electron chi connectivity index (χ2n) is 4.02. The Morgan fingerprint density at radius 1 is 1.25 bits per heavy atom. The van der Waals surface area contributed by atoms with Crippen molar-refractivity contribution >= 4 is 0 Å². The first kappa shape index (κ1) is 10.0. The van der Waals surface area contributed by atoms with Crippen LogP contribution in [0.3, 0.4) is 0 Å². The van der Waals surface area contributed by atoms with Crippen molar-refractivity contribution in [2.45, 2.75) is 58.5 Å². The lowest BCUT2D eigenvalue weighted by molar-refractivity contribution is 0.0305. The van der Waals surface area contributed by atoms with Crippen LogP contribution >= 0.6 is 0 Å². The quantitative estimate of drug-likeness (QED) is 0.575. The highest BCUT2D eigenvalue weighted by Gasteiger charge is 2.23. The maximum atomic E-state index is 5.82. The van der Waals surface area contributed by atoms with E-state index in [2.05, 4.69) is 13.8 Å². The third kappa shape index (κ3) is 3.14. The molecule has 0 amide bonds. The van der Waals surface area contributed by atoms with Crippen molar-refractivity contribution in [1.82, 2.24) is 0 Å². The van der Waals surface area contributed by atoms with Crippen LogP contribution in [0.25, 0.3) is 0 Å². The van der Waals surface area contributed by atoms with Gasteiger partial charge < -0.3 is 4.74 Å². The molecule has 0 aromatic rings. The van der Waals surface area contributed by atoms with Crippen LogP contribution in [0.5, 0.6) is 0 Å². The minimum atomic E-state index is 0.585. The fourth-order valence-electron chi connectivity index (χ4n) is 1.95. The molecule has 1 nitrogen and oxygen atoms in total. The summed E-state index contributed by atoms with van der Waals surface area (Å²) in [7, 11) is 0. The molecule has 12 heavy (non-hydrogen) atoms. The Labute approximate surface area is 76.5 Å². The summed E-state index contributed by atoms with van der Waals surface area (Å²) in [6.45, 7) is 5.54. The molecular weight excluding hydrogens is 148 g/mol. The van der Waals surface area contributed by atoms with Crippen molar-refractivity contribution in [2.75, 3.05) is 6.61 Å². The van der Waals surface area contributed by atoms with Crippen LogP contribution in [0, 0.1) is 5.92 Å². The Morgan fingerprint density at radius 3 is 2.67 bits per heavy atom. The van der Waals surface area contributed by atoms with E-state index in [1.165, 1.54) is 38.5 Å². The second-order valence-corrected chi connectivity index (χ2v) is 4.02. The Bertz CT molecular complexity index is 112. The van der Waals surface area contributed by atoms with E-state index < -0.39 is 0 Å². The van der Waals surface area contributed by atoms with E-state index in [4.69, 9.17) is 4.74 Å². The lowest BCUT2D eigenvalue weighted by atomic mass is 10.1. The van der Waals surface area contributed by atoms with Crippen molar-refractivity contribution in [3.05, 3.63) is 0 Å². The molecule has 2 atom stereocenters. The van der Waals surface area contributed by atoms with Crippen molar-refractivity contribution in [2.24, 2.45) is 5.92 Å². The molecule has 0 heterocycles. The predicted octanol–water partition coefficient (Wildman–Crippen LogP) is 3.38. The number of hydrogen-bond acceptors (Lipinski definition) is 1. The largest absolute Gasteiger partial charge is 0.378 e. The van der Waals surface area contributed by atoms with Gasteiger partial charge in [0.2, 0.25) is 0 Å². The molecule has 0 radical (unpaired) electrons. The highest BCUT2D eigenvalue weighted by Crippen LogP contribution is 2.27. The van der Waals surface area contributed by atoms with E-state index in [9.17, 15) is 0 Å². The maximum absolute atomic E-state index is 5.82. The summed E-state index contributed by atoms with van der Waals surface area (Å²) in [5.41, 5.74) is 0. The second kappa shape index (κ2) is 5.58. The summed E-state index contributed by atoms with van der Waals surface area (Å²) in [4.78, 5) is 0. The van der Waals surface area contributed by atoms with Crippen LogP contribution in [0.2, 0.25) is 0 Å². The van der Waals surface area contributed by atoms with E-state index in [0.29, 0.717) is 6.10 Å². The first-order valence-corrected chi connectivity index (χ1v) is 5.46. The third-order valence-electron chi connectivity index (χ3n) is 2.86. The normalized spacial score (nSPS) is 29.5. The number of rotatable bonds is 5. The molecule has 1 heteroatoms. The Hall–Kier alpha value is -0.0400. The molecule has 1 aliphatic rings. The summed E-state index contributed by atoms with van der Waals surface area (Å²) >= 11 is 0. The molecule has 72 valence electrons. The number of hydrogen-bond donors (Lipinski definition) is 0. The Morgan fingerprint density at radius 2 is 2.08 bits per heavy atom. The van der Waals surface area contributed by atoms with Gasteiger partial charge in [-0.3, -0.25) is 0 Å². The van der Waals surface area contributed by atoms with Gasteiger partial charge >= 0.3 is 0 Å². The molecule has 0 N–H and O–H groups in total. The van der Waals surface area contributed by atoms with Crippen LogP contribution < -0.4 is 0 Å². The van der Waals surface area contributed by atoms with Crippen LogP contribution in [0.4, 0.5) is 0 Å². The standard InChI is InChI=1S/C11H22O/c1-3-4-5-9-12-11-8-6-7-10(11)2/h10-11H,3-9H2,1-2H3. The van der Waals surface area contributed by atoms with Gasteiger partial charge in [-0.05, 0) is 25.2 Å². The van der Waals surface area contributed by atoms with Crippen molar-refractivity contribution in [3.63, 3.8) is 0 Å². The number of unbranched alkanes of at least 4 members (excludes halogenated alkanes) is 2. The molecule has 1 saturated carbocycles. The van der Waals surface area contributed by atoms with Gasteiger partial charge in [-0.1, -0.05) is 33.1 Å². The van der Waals surface area contributed by atoms with Gasteiger partial charge in [0, 0.05) is 6.61 Å². The zero-order valence-electron chi connectivity index (χ0n) is 8.51. The molecule has 0 aromatic carbocycles. The molecule has 2 unspecified atom stereocenters. The molecule has 1 aliphatic carbocycles. The Kier molecular flexibility index (Phi) is 4.67. The fraction of sp³-hybridized carbons (Fsp3) is 1.00. The van der Waals surface area contributed by atoms with Gasteiger partial charge in [0.1, 0.15) is 0 Å². The lowest BCUT2D eigenvalue weighted by Crippen LogP contribution is -2.16. The van der Waals surface area contributed by atoms with Gasteiger partial charge in [0.05, 0.1) is 6.10 Å². The fourth-order valence-corrected chi connectivity index (χ4v) is 1.95. The summed E-state index contributed by atoms with van der Waals surface area (Å²) in [6.07, 6.45) is 8.50. The maximum Gasteiger partial charge on any atom is 0.0600 e. The van der Waals surface area contributed by atoms with Gasteiger partial charge in [0.25, 0.3) is 0 Å². The number of ether oxygens (including phenoxy) is 1. The molecular formula is C11H22O. The van der Waals surface area contributed by atoms with Gasteiger partial charge in [0.15, 0.2) is 0 Å². The van der Waals surface area contributed by atoms with Gasteiger partial charge in [-0.2, -0.15) is 0 Å². The van der Waals surface area contributed by atoms with Crippen LogP contribution in [0.15, 0.2) is 0 Å². The molecule has 1 rings (SSSR count). The highest BCUT2D eigenvalue weighted by molar-refractivity contribution is 4.74. The zero-order valence-corrected chi connectivity index (χ0v) is 8.51. The van der Waals surface area contributed by atoms with Crippen molar-refractivity contribution in [3.8, 4) is 0 Å². The van der Waals surface area contributed by atoms with Gasteiger partial charge in [-0.25, -0.2) is 0 Å². The molecule has 1 fully saturated rings. The third-order valence-corrected chi connectivity index (χ3v) is 2.86. The monoisotopic (exact) mass is 170 g/mol. The lowest BCUT2D eigenvalue weighted by Gasteiger charge is -2.15. The topological polar surface area (TPSA) is 9.23 Å². The van der Waals surface area contributed by atoms with E-state index >= 15 is 0 Å².